The maximum absolute atomic E-state index is 12.7. The number of carbonyl (C=O) groups is 1. The highest BCUT2D eigenvalue weighted by molar-refractivity contribution is 5.79. The van der Waals surface area contributed by atoms with Crippen LogP contribution in [0.1, 0.15) is 42.3 Å². The van der Waals surface area contributed by atoms with Crippen LogP contribution in [0.3, 0.4) is 0 Å². The summed E-state index contributed by atoms with van der Waals surface area (Å²) < 4.78 is 7.04. The fourth-order valence-corrected chi connectivity index (χ4v) is 4.64. The van der Waals surface area contributed by atoms with Crippen LogP contribution in [0.25, 0.3) is 0 Å². The number of aryl methyl sites for hydroxylation is 1. The van der Waals surface area contributed by atoms with Gasteiger partial charge in [-0.05, 0) is 24.3 Å². The molecular formula is C22H30N4O2. The molecular weight excluding hydrogens is 352 g/mol. The largest absolute Gasteiger partial charge is 0.383 e. The Bertz CT molecular complexity index is 785. The van der Waals surface area contributed by atoms with Crippen molar-refractivity contribution in [2.24, 2.45) is 13.0 Å². The first-order valence-corrected chi connectivity index (χ1v) is 10.2. The lowest BCUT2D eigenvalue weighted by Gasteiger charge is -2.37. The minimum Gasteiger partial charge on any atom is -0.383 e. The quantitative estimate of drug-likeness (QED) is 0.762. The summed E-state index contributed by atoms with van der Waals surface area (Å²) in [6, 6.07) is 11.4. The Morgan fingerprint density at radius 2 is 2.00 bits per heavy atom. The number of nitrogens with zero attached hydrogens (tertiary/aromatic N) is 3. The molecule has 1 aromatic carbocycles. The molecule has 1 aliphatic heterocycles. The number of rotatable bonds is 8. The van der Waals surface area contributed by atoms with Crippen molar-refractivity contribution in [3.8, 4) is 0 Å². The highest BCUT2D eigenvalue weighted by Gasteiger charge is 2.41. The third-order valence-corrected chi connectivity index (χ3v) is 6.22. The third kappa shape index (κ3) is 3.98. The Hall–Kier alpha value is -2.18. The molecule has 6 heteroatoms. The number of ether oxygens (including phenoxy) is 1. The van der Waals surface area contributed by atoms with Gasteiger partial charge >= 0.3 is 0 Å². The van der Waals surface area contributed by atoms with E-state index in [1.54, 1.807) is 7.11 Å². The summed E-state index contributed by atoms with van der Waals surface area (Å²) in [5.74, 6) is 1.15. The van der Waals surface area contributed by atoms with Crippen molar-refractivity contribution < 1.29 is 9.53 Å². The summed E-state index contributed by atoms with van der Waals surface area (Å²) in [6.07, 6.45) is 6.87. The van der Waals surface area contributed by atoms with Crippen LogP contribution in [0.4, 0.5) is 0 Å². The van der Waals surface area contributed by atoms with Crippen LogP contribution in [0, 0.1) is 5.92 Å². The second-order valence-electron chi connectivity index (χ2n) is 8.12. The molecule has 150 valence electrons. The van der Waals surface area contributed by atoms with Crippen LogP contribution < -0.4 is 5.32 Å². The SMILES string of the molecule is COCCN1C(=O)C[C@@H](CNC2CC(c3ccccc3)C2)[C@@H]1c1cnn(C)c1. The number of carbonyl (C=O) groups excluding carboxylic acids is 1. The molecule has 2 atom stereocenters. The predicted octanol–water partition coefficient (Wildman–Crippen LogP) is 2.49. The van der Waals surface area contributed by atoms with Gasteiger partial charge in [0.05, 0.1) is 18.8 Å². The molecule has 4 rings (SSSR count). The van der Waals surface area contributed by atoms with E-state index in [1.165, 1.54) is 18.4 Å². The van der Waals surface area contributed by atoms with Crippen molar-refractivity contribution in [2.45, 2.75) is 37.3 Å². The second kappa shape index (κ2) is 8.45. The molecule has 28 heavy (non-hydrogen) atoms. The van der Waals surface area contributed by atoms with Crippen LogP contribution >= 0.6 is 0 Å². The van der Waals surface area contributed by atoms with E-state index in [4.69, 9.17) is 4.74 Å². The standard InChI is InChI=1S/C22H30N4O2/c1-25-15-19(14-24-25)22-18(12-21(27)26(22)8-9-28-2)13-23-20-10-17(11-20)16-6-4-3-5-7-16/h3-7,14-15,17-18,20,22-23H,8-13H2,1-2H3/t17?,18-,20?,22+/m0/s1. The first kappa shape index (κ1) is 19.2. The fraction of sp³-hybridized carbons (Fsp3) is 0.545. The Morgan fingerprint density at radius 1 is 1.21 bits per heavy atom. The number of likely N-dealkylation sites (tertiary alicyclic amines) is 1. The van der Waals surface area contributed by atoms with E-state index >= 15 is 0 Å². The van der Waals surface area contributed by atoms with Crippen LogP contribution in [-0.4, -0.2) is 53.4 Å². The Kier molecular flexibility index (Phi) is 5.78. The number of benzene rings is 1. The number of methoxy groups -OCH3 is 1. The van der Waals surface area contributed by atoms with Gasteiger partial charge in [0.1, 0.15) is 0 Å². The van der Waals surface area contributed by atoms with Gasteiger partial charge in [-0.2, -0.15) is 5.10 Å². The lowest BCUT2D eigenvalue weighted by Crippen LogP contribution is -2.43. The minimum absolute atomic E-state index is 0.0776. The van der Waals surface area contributed by atoms with Crippen LogP contribution in [0.5, 0.6) is 0 Å². The van der Waals surface area contributed by atoms with Gasteiger partial charge in [0.15, 0.2) is 0 Å². The third-order valence-electron chi connectivity index (χ3n) is 6.22. The molecule has 1 N–H and O–H groups in total. The van der Waals surface area contributed by atoms with Crippen molar-refractivity contribution in [1.29, 1.82) is 0 Å². The number of hydrogen-bond donors (Lipinski definition) is 1. The average molecular weight is 383 g/mol. The Morgan fingerprint density at radius 3 is 2.68 bits per heavy atom. The maximum atomic E-state index is 12.7. The first-order valence-electron chi connectivity index (χ1n) is 10.2. The smallest absolute Gasteiger partial charge is 0.223 e. The molecule has 2 heterocycles. The van der Waals surface area contributed by atoms with Gasteiger partial charge in [-0.3, -0.25) is 9.48 Å². The number of nitrogens with one attached hydrogen (secondary N) is 1. The first-order chi connectivity index (χ1) is 13.7. The van der Waals surface area contributed by atoms with E-state index in [2.05, 4.69) is 40.7 Å². The van der Waals surface area contributed by atoms with Gasteiger partial charge in [0, 0.05) is 57.4 Å². The van der Waals surface area contributed by atoms with Gasteiger partial charge in [-0.25, -0.2) is 0 Å². The summed E-state index contributed by atoms with van der Waals surface area (Å²) in [5.41, 5.74) is 2.56. The van der Waals surface area contributed by atoms with Crippen molar-refractivity contribution >= 4 is 5.91 Å². The number of hydrogen-bond acceptors (Lipinski definition) is 4. The lowest BCUT2D eigenvalue weighted by atomic mass is 9.75. The minimum atomic E-state index is 0.0776. The summed E-state index contributed by atoms with van der Waals surface area (Å²) in [6.45, 7) is 2.05. The van der Waals surface area contributed by atoms with Gasteiger partial charge in [0.2, 0.25) is 5.91 Å². The molecule has 2 aromatic rings. The van der Waals surface area contributed by atoms with Crippen LogP contribution in [0.2, 0.25) is 0 Å². The van der Waals surface area contributed by atoms with Gasteiger partial charge in [-0.1, -0.05) is 30.3 Å². The molecule has 0 bridgehead atoms. The molecule has 6 nitrogen and oxygen atoms in total. The van der Waals surface area contributed by atoms with E-state index in [0.29, 0.717) is 31.5 Å². The second-order valence-corrected chi connectivity index (χ2v) is 8.12. The maximum Gasteiger partial charge on any atom is 0.223 e. The van der Waals surface area contributed by atoms with E-state index in [1.807, 2.05) is 29.0 Å². The molecule has 1 aliphatic carbocycles. The van der Waals surface area contributed by atoms with Crippen LogP contribution in [-0.2, 0) is 16.6 Å². The van der Waals surface area contributed by atoms with Gasteiger partial charge < -0.3 is 15.0 Å². The topological polar surface area (TPSA) is 59.4 Å². The van der Waals surface area contributed by atoms with Crippen molar-refractivity contribution in [2.75, 3.05) is 26.8 Å². The molecule has 1 amide bonds. The lowest BCUT2D eigenvalue weighted by molar-refractivity contribution is -0.129. The highest BCUT2D eigenvalue weighted by Crippen LogP contribution is 2.40. The monoisotopic (exact) mass is 382 g/mol. The number of amides is 1. The molecule has 2 aliphatic rings. The molecule has 0 spiro atoms. The van der Waals surface area contributed by atoms with E-state index in [0.717, 1.165) is 12.1 Å². The van der Waals surface area contributed by atoms with Gasteiger partial charge in [-0.15, -0.1) is 0 Å². The normalized spacial score (nSPS) is 27.2. The average Bonchev–Trinajstić information content (AvgIpc) is 3.22. The molecule has 1 saturated heterocycles. The predicted molar refractivity (Wildman–Crippen MR) is 108 cm³/mol. The highest BCUT2D eigenvalue weighted by atomic mass is 16.5. The summed E-state index contributed by atoms with van der Waals surface area (Å²) in [4.78, 5) is 14.6. The summed E-state index contributed by atoms with van der Waals surface area (Å²) in [7, 11) is 3.60. The zero-order chi connectivity index (χ0) is 19.5. The molecule has 1 saturated carbocycles. The molecule has 0 unspecified atom stereocenters. The Labute approximate surface area is 166 Å². The number of aromatic nitrogens is 2. The van der Waals surface area contributed by atoms with Crippen molar-refractivity contribution in [1.82, 2.24) is 20.0 Å². The van der Waals surface area contributed by atoms with E-state index in [-0.39, 0.29) is 17.9 Å². The van der Waals surface area contributed by atoms with Crippen LogP contribution in [0.15, 0.2) is 42.7 Å². The zero-order valence-corrected chi connectivity index (χ0v) is 16.8. The Balaban J connectivity index is 1.37. The fourth-order valence-electron chi connectivity index (χ4n) is 4.64. The molecule has 1 aromatic heterocycles. The van der Waals surface area contributed by atoms with Crippen molar-refractivity contribution in [3.63, 3.8) is 0 Å². The molecule has 0 radical (unpaired) electrons. The zero-order valence-electron chi connectivity index (χ0n) is 16.8. The van der Waals surface area contributed by atoms with Crippen molar-refractivity contribution in [3.05, 3.63) is 53.9 Å². The summed E-state index contributed by atoms with van der Waals surface area (Å²) >= 11 is 0. The van der Waals surface area contributed by atoms with E-state index < -0.39 is 0 Å². The molecule has 2 fully saturated rings. The van der Waals surface area contributed by atoms with E-state index in [9.17, 15) is 4.79 Å². The summed E-state index contributed by atoms with van der Waals surface area (Å²) in [5, 5.41) is 8.06. The van der Waals surface area contributed by atoms with Gasteiger partial charge in [0.25, 0.3) is 0 Å².